The average Bonchev–Trinajstić information content (AvgIpc) is 2.67. The Hall–Kier alpha value is -1.71. The first-order chi connectivity index (χ1) is 8.25. The van der Waals surface area contributed by atoms with E-state index in [2.05, 4.69) is 17.4 Å². The molecule has 1 aromatic carbocycles. The van der Waals surface area contributed by atoms with Crippen LogP contribution in [0.25, 0.3) is 0 Å². The Morgan fingerprint density at radius 3 is 3.00 bits per heavy atom. The second-order valence-corrected chi connectivity index (χ2v) is 4.86. The van der Waals surface area contributed by atoms with Crippen molar-refractivity contribution in [2.45, 2.75) is 12.3 Å². The van der Waals surface area contributed by atoms with Crippen molar-refractivity contribution in [2.24, 2.45) is 5.92 Å². The van der Waals surface area contributed by atoms with Gasteiger partial charge < -0.3 is 15.3 Å². The van der Waals surface area contributed by atoms with Crippen LogP contribution < -0.4 is 5.32 Å². The molecule has 2 N–H and O–H groups in total. The SMILES string of the molecule is O=C(O)N1CC2CCNc3ccccc3C2C1. The van der Waals surface area contributed by atoms with E-state index in [1.807, 2.05) is 12.1 Å². The molecule has 0 aliphatic carbocycles. The summed E-state index contributed by atoms with van der Waals surface area (Å²) in [4.78, 5) is 12.6. The zero-order valence-electron chi connectivity index (χ0n) is 9.60. The number of para-hydroxylation sites is 1. The van der Waals surface area contributed by atoms with Crippen LogP contribution in [0.15, 0.2) is 24.3 Å². The summed E-state index contributed by atoms with van der Waals surface area (Å²) in [7, 11) is 0. The van der Waals surface area contributed by atoms with E-state index in [0.717, 1.165) is 13.0 Å². The Balaban J connectivity index is 1.95. The molecular formula is C13H16N2O2. The Labute approximate surface area is 100 Å². The summed E-state index contributed by atoms with van der Waals surface area (Å²) < 4.78 is 0. The van der Waals surface area contributed by atoms with Crippen molar-refractivity contribution in [1.29, 1.82) is 0 Å². The van der Waals surface area contributed by atoms with Crippen LogP contribution >= 0.6 is 0 Å². The van der Waals surface area contributed by atoms with Crippen molar-refractivity contribution in [1.82, 2.24) is 4.90 Å². The van der Waals surface area contributed by atoms with Gasteiger partial charge in [-0.1, -0.05) is 18.2 Å². The summed E-state index contributed by atoms with van der Waals surface area (Å²) in [6, 6.07) is 8.26. The van der Waals surface area contributed by atoms with Gasteiger partial charge >= 0.3 is 6.09 Å². The zero-order chi connectivity index (χ0) is 11.8. The predicted molar refractivity (Wildman–Crippen MR) is 65.4 cm³/mol. The van der Waals surface area contributed by atoms with E-state index in [1.54, 1.807) is 4.90 Å². The summed E-state index contributed by atoms with van der Waals surface area (Å²) in [5.41, 5.74) is 2.45. The summed E-state index contributed by atoms with van der Waals surface area (Å²) in [5, 5.41) is 12.5. The molecule has 1 fully saturated rings. The maximum absolute atomic E-state index is 11.1. The highest BCUT2D eigenvalue weighted by molar-refractivity contribution is 5.66. The average molecular weight is 232 g/mol. The summed E-state index contributed by atoms with van der Waals surface area (Å²) in [6.45, 7) is 2.25. The van der Waals surface area contributed by atoms with Gasteiger partial charge in [0.25, 0.3) is 0 Å². The number of hydrogen-bond donors (Lipinski definition) is 2. The predicted octanol–water partition coefficient (Wildman–Crippen LogP) is 2.20. The van der Waals surface area contributed by atoms with Crippen LogP contribution in [0.4, 0.5) is 10.5 Å². The smallest absolute Gasteiger partial charge is 0.407 e. The molecule has 1 amide bonds. The highest BCUT2D eigenvalue weighted by Crippen LogP contribution is 2.40. The van der Waals surface area contributed by atoms with Gasteiger partial charge in [0.15, 0.2) is 0 Å². The van der Waals surface area contributed by atoms with Gasteiger partial charge in [-0.25, -0.2) is 4.79 Å². The zero-order valence-corrected chi connectivity index (χ0v) is 9.60. The van der Waals surface area contributed by atoms with Crippen LogP contribution in [0, 0.1) is 5.92 Å². The van der Waals surface area contributed by atoms with Gasteiger partial charge in [0.05, 0.1) is 0 Å². The van der Waals surface area contributed by atoms with E-state index in [0.29, 0.717) is 24.9 Å². The lowest BCUT2D eigenvalue weighted by Gasteiger charge is -2.16. The minimum absolute atomic E-state index is 0.359. The van der Waals surface area contributed by atoms with Crippen LogP contribution in [-0.2, 0) is 0 Å². The molecular weight excluding hydrogens is 216 g/mol. The number of carboxylic acid groups (broad SMARTS) is 1. The molecule has 90 valence electrons. The van der Waals surface area contributed by atoms with Crippen LogP contribution in [0.2, 0.25) is 0 Å². The number of rotatable bonds is 0. The van der Waals surface area contributed by atoms with Gasteiger partial charge in [-0.3, -0.25) is 0 Å². The number of hydrogen-bond acceptors (Lipinski definition) is 2. The van der Waals surface area contributed by atoms with Gasteiger partial charge in [-0.05, 0) is 24.0 Å². The Kier molecular flexibility index (Phi) is 2.42. The van der Waals surface area contributed by atoms with Crippen molar-refractivity contribution < 1.29 is 9.90 Å². The minimum atomic E-state index is -0.788. The van der Waals surface area contributed by atoms with E-state index in [-0.39, 0.29) is 0 Å². The summed E-state index contributed by atoms with van der Waals surface area (Å²) in [6.07, 6.45) is 0.256. The van der Waals surface area contributed by atoms with Crippen molar-refractivity contribution in [3.63, 3.8) is 0 Å². The second-order valence-electron chi connectivity index (χ2n) is 4.86. The van der Waals surface area contributed by atoms with E-state index in [4.69, 9.17) is 5.11 Å². The molecule has 0 radical (unpaired) electrons. The van der Waals surface area contributed by atoms with Gasteiger partial charge in [0.2, 0.25) is 0 Å². The van der Waals surface area contributed by atoms with E-state index >= 15 is 0 Å². The molecule has 2 aliphatic rings. The Morgan fingerprint density at radius 1 is 1.35 bits per heavy atom. The first kappa shape index (κ1) is 10.4. The minimum Gasteiger partial charge on any atom is -0.465 e. The molecule has 0 bridgehead atoms. The fraction of sp³-hybridized carbons (Fsp3) is 0.462. The highest BCUT2D eigenvalue weighted by Gasteiger charge is 2.37. The first-order valence-electron chi connectivity index (χ1n) is 6.06. The van der Waals surface area contributed by atoms with Gasteiger partial charge in [0, 0.05) is 31.2 Å². The van der Waals surface area contributed by atoms with E-state index < -0.39 is 6.09 Å². The lowest BCUT2D eigenvalue weighted by atomic mass is 9.87. The highest BCUT2D eigenvalue weighted by atomic mass is 16.4. The summed E-state index contributed by atoms with van der Waals surface area (Å²) in [5.74, 6) is 0.819. The van der Waals surface area contributed by atoms with Gasteiger partial charge in [-0.15, -0.1) is 0 Å². The molecule has 0 aromatic heterocycles. The maximum atomic E-state index is 11.1. The van der Waals surface area contributed by atoms with Gasteiger partial charge in [-0.2, -0.15) is 0 Å². The topological polar surface area (TPSA) is 52.6 Å². The number of benzene rings is 1. The van der Waals surface area contributed by atoms with Crippen molar-refractivity contribution in [3.8, 4) is 0 Å². The maximum Gasteiger partial charge on any atom is 0.407 e. The molecule has 17 heavy (non-hydrogen) atoms. The van der Waals surface area contributed by atoms with Crippen LogP contribution in [0.1, 0.15) is 17.9 Å². The van der Waals surface area contributed by atoms with Crippen molar-refractivity contribution in [2.75, 3.05) is 25.0 Å². The number of likely N-dealkylation sites (tertiary alicyclic amines) is 1. The van der Waals surface area contributed by atoms with E-state index in [9.17, 15) is 4.79 Å². The van der Waals surface area contributed by atoms with Crippen LogP contribution in [0.3, 0.4) is 0 Å². The second kappa shape index (κ2) is 3.95. The third kappa shape index (κ3) is 1.73. The number of nitrogens with zero attached hydrogens (tertiary/aromatic N) is 1. The molecule has 4 heteroatoms. The normalized spacial score (nSPS) is 26.7. The molecule has 3 rings (SSSR count). The molecule has 2 heterocycles. The fourth-order valence-electron chi connectivity index (χ4n) is 3.05. The molecule has 4 nitrogen and oxygen atoms in total. The first-order valence-corrected chi connectivity index (χ1v) is 6.06. The Bertz CT molecular complexity index is 447. The molecule has 1 saturated heterocycles. The van der Waals surface area contributed by atoms with Crippen molar-refractivity contribution >= 4 is 11.8 Å². The lowest BCUT2D eigenvalue weighted by molar-refractivity contribution is 0.153. The summed E-state index contributed by atoms with van der Waals surface area (Å²) >= 11 is 0. The number of amides is 1. The monoisotopic (exact) mass is 232 g/mol. The molecule has 0 spiro atoms. The standard InChI is InChI=1S/C13H16N2O2/c16-13(17)15-7-9-5-6-14-12-4-2-1-3-10(12)11(9)8-15/h1-4,9,11,14H,5-8H2,(H,16,17). The van der Waals surface area contributed by atoms with Crippen molar-refractivity contribution in [3.05, 3.63) is 29.8 Å². The van der Waals surface area contributed by atoms with Crippen LogP contribution in [-0.4, -0.2) is 35.7 Å². The van der Waals surface area contributed by atoms with Crippen LogP contribution in [0.5, 0.6) is 0 Å². The lowest BCUT2D eigenvalue weighted by Crippen LogP contribution is -2.27. The number of anilines is 1. The number of carbonyl (C=O) groups is 1. The largest absolute Gasteiger partial charge is 0.465 e. The molecule has 1 aromatic rings. The van der Waals surface area contributed by atoms with E-state index in [1.165, 1.54) is 11.3 Å². The van der Waals surface area contributed by atoms with Gasteiger partial charge in [0.1, 0.15) is 0 Å². The molecule has 0 saturated carbocycles. The number of nitrogens with one attached hydrogen (secondary N) is 1. The molecule has 2 atom stereocenters. The third-order valence-corrected chi connectivity index (χ3v) is 3.90. The Morgan fingerprint density at radius 2 is 2.18 bits per heavy atom. The third-order valence-electron chi connectivity index (χ3n) is 3.90. The molecule has 2 unspecified atom stereocenters. The quantitative estimate of drug-likeness (QED) is 0.721. The number of fused-ring (bicyclic) bond motifs is 3. The fourth-order valence-corrected chi connectivity index (χ4v) is 3.05. The molecule has 2 aliphatic heterocycles.